The molecule has 1 unspecified atom stereocenters. The van der Waals surface area contributed by atoms with E-state index in [0.717, 1.165) is 0 Å². The average Bonchev–Trinajstić information content (AvgIpc) is 2.85. The van der Waals surface area contributed by atoms with E-state index in [9.17, 15) is 18.4 Å². The van der Waals surface area contributed by atoms with E-state index in [2.05, 4.69) is 5.32 Å². The van der Waals surface area contributed by atoms with Crippen LogP contribution in [0.5, 0.6) is 0 Å². The van der Waals surface area contributed by atoms with Crippen LogP contribution in [0.15, 0.2) is 0 Å². The smallest absolute Gasteiger partial charge is 0.251 e. The minimum absolute atomic E-state index is 0.0396. The molecule has 2 heterocycles. The topological polar surface area (TPSA) is 52.7 Å². The molecule has 0 aromatic heterocycles. The summed E-state index contributed by atoms with van der Waals surface area (Å²) in [5.41, 5.74) is 0. The number of rotatable bonds is 4. The lowest BCUT2D eigenvalue weighted by Crippen LogP contribution is -2.46. The van der Waals surface area contributed by atoms with Gasteiger partial charge < -0.3 is 10.2 Å². The number of piperidine rings is 1. The molecular formula is C15H25F2N3O2. The second-order valence-corrected chi connectivity index (χ2v) is 6.62. The van der Waals surface area contributed by atoms with Crippen molar-refractivity contribution < 1.29 is 18.4 Å². The largest absolute Gasteiger partial charge is 0.353 e. The van der Waals surface area contributed by atoms with Crippen molar-refractivity contribution in [2.45, 2.75) is 45.1 Å². The van der Waals surface area contributed by atoms with Crippen molar-refractivity contribution in [3.63, 3.8) is 0 Å². The van der Waals surface area contributed by atoms with E-state index in [1.165, 1.54) is 0 Å². The molecule has 2 fully saturated rings. The third kappa shape index (κ3) is 4.63. The van der Waals surface area contributed by atoms with Gasteiger partial charge in [0.1, 0.15) is 0 Å². The summed E-state index contributed by atoms with van der Waals surface area (Å²) >= 11 is 0. The summed E-state index contributed by atoms with van der Waals surface area (Å²) in [4.78, 5) is 27.6. The number of nitrogens with zero attached hydrogens (tertiary/aromatic N) is 2. The molecule has 0 aromatic carbocycles. The van der Waals surface area contributed by atoms with Crippen molar-refractivity contribution in [3.05, 3.63) is 0 Å². The van der Waals surface area contributed by atoms with Gasteiger partial charge in [-0.05, 0) is 26.8 Å². The Morgan fingerprint density at radius 1 is 1.23 bits per heavy atom. The SMILES string of the molecule is CC(C)NC(=O)CN1CCC(C(=O)N2CCC(F)(F)CC2)C1. The lowest BCUT2D eigenvalue weighted by Gasteiger charge is -2.33. The zero-order valence-corrected chi connectivity index (χ0v) is 13.3. The van der Waals surface area contributed by atoms with Crippen LogP contribution in [0.1, 0.15) is 33.1 Å². The van der Waals surface area contributed by atoms with Crippen LogP contribution in [0.2, 0.25) is 0 Å². The Morgan fingerprint density at radius 2 is 1.86 bits per heavy atom. The maximum atomic E-state index is 13.1. The Hall–Kier alpha value is -1.24. The standard InChI is InChI=1S/C15H25F2N3O2/c1-11(2)18-13(21)10-19-6-3-12(9-19)14(22)20-7-4-15(16,17)5-8-20/h11-12H,3-10H2,1-2H3,(H,18,21). The summed E-state index contributed by atoms with van der Waals surface area (Å²) in [7, 11) is 0. The molecule has 0 spiro atoms. The van der Waals surface area contributed by atoms with Gasteiger partial charge in [0.2, 0.25) is 11.8 Å². The summed E-state index contributed by atoms with van der Waals surface area (Å²) in [5, 5.41) is 2.83. The normalized spacial score (nSPS) is 25.5. The van der Waals surface area contributed by atoms with Gasteiger partial charge in [0.15, 0.2) is 0 Å². The molecule has 0 aliphatic carbocycles. The summed E-state index contributed by atoms with van der Waals surface area (Å²) in [5.74, 6) is -2.88. The first kappa shape index (κ1) is 17.1. The second-order valence-electron chi connectivity index (χ2n) is 6.62. The van der Waals surface area contributed by atoms with Gasteiger partial charge in [-0.25, -0.2) is 8.78 Å². The van der Waals surface area contributed by atoms with E-state index in [1.54, 1.807) is 4.90 Å². The van der Waals surface area contributed by atoms with E-state index >= 15 is 0 Å². The van der Waals surface area contributed by atoms with Crippen molar-refractivity contribution in [3.8, 4) is 0 Å². The molecule has 0 saturated carbocycles. The number of carbonyl (C=O) groups is 2. The van der Waals surface area contributed by atoms with Crippen LogP contribution in [-0.2, 0) is 9.59 Å². The van der Waals surface area contributed by atoms with E-state index in [4.69, 9.17) is 0 Å². The minimum Gasteiger partial charge on any atom is -0.353 e. The summed E-state index contributed by atoms with van der Waals surface area (Å²) < 4.78 is 26.3. The number of hydrogen-bond donors (Lipinski definition) is 1. The number of amides is 2. The molecule has 126 valence electrons. The maximum absolute atomic E-state index is 13.1. The minimum atomic E-state index is -2.63. The number of halogens is 2. The van der Waals surface area contributed by atoms with Gasteiger partial charge in [0.05, 0.1) is 12.5 Å². The molecule has 5 nitrogen and oxygen atoms in total. The lowest BCUT2D eigenvalue weighted by molar-refractivity contribution is -0.141. The quantitative estimate of drug-likeness (QED) is 0.844. The fourth-order valence-electron chi connectivity index (χ4n) is 3.06. The van der Waals surface area contributed by atoms with Crippen LogP contribution in [0.25, 0.3) is 0 Å². The van der Waals surface area contributed by atoms with E-state index in [-0.39, 0.29) is 49.7 Å². The zero-order valence-electron chi connectivity index (χ0n) is 13.3. The molecule has 2 aliphatic rings. The Morgan fingerprint density at radius 3 is 2.45 bits per heavy atom. The average molecular weight is 317 g/mol. The van der Waals surface area contributed by atoms with Crippen molar-refractivity contribution in [2.24, 2.45) is 5.92 Å². The maximum Gasteiger partial charge on any atom is 0.251 e. The highest BCUT2D eigenvalue weighted by Crippen LogP contribution is 2.29. The molecule has 2 rings (SSSR count). The van der Waals surface area contributed by atoms with Crippen molar-refractivity contribution in [2.75, 3.05) is 32.7 Å². The molecule has 2 saturated heterocycles. The number of carbonyl (C=O) groups excluding carboxylic acids is 2. The molecule has 1 N–H and O–H groups in total. The third-order valence-corrected chi connectivity index (χ3v) is 4.25. The van der Waals surface area contributed by atoms with E-state index in [1.807, 2.05) is 18.7 Å². The van der Waals surface area contributed by atoms with Gasteiger partial charge in [0.25, 0.3) is 5.92 Å². The summed E-state index contributed by atoms with van der Waals surface area (Å²) in [6, 6.07) is 0.0996. The van der Waals surface area contributed by atoms with Gasteiger partial charge >= 0.3 is 0 Å². The monoisotopic (exact) mass is 317 g/mol. The fourth-order valence-corrected chi connectivity index (χ4v) is 3.06. The predicted molar refractivity (Wildman–Crippen MR) is 78.6 cm³/mol. The third-order valence-electron chi connectivity index (χ3n) is 4.25. The number of hydrogen-bond acceptors (Lipinski definition) is 3. The lowest BCUT2D eigenvalue weighted by atomic mass is 10.0. The molecule has 2 aliphatic heterocycles. The van der Waals surface area contributed by atoms with Crippen molar-refractivity contribution >= 4 is 11.8 Å². The number of nitrogens with one attached hydrogen (secondary N) is 1. The summed E-state index contributed by atoms with van der Waals surface area (Å²) in [6.07, 6.45) is 0.207. The first-order valence-electron chi connectivity index (χ1n) is 7.95. The van der Waals surface area contributed by atoms with E-state index in [0.29, 0.717) is 26.1 Å². The van der Waals surface area contributed by atoms with Crippen LogP contribution < -0.4 is 5.32 Å². The molecule has 1 atom stereocenters. The van der Waals surface area contributed by atoms with Crippen LogP contribution in [0, 0.1) is 5.92 Å². The predicted octanol–water partition coefficient (Wildman–Crippen LogP) is 1.09. The van der Waals surface area contributed by atoms with E-state index < -0.39 is 5.92 Å². The molecular weight excluding hydrogens is 292 g/mol. The van der Waals surface area contributed by atoms with Gasteiger partial charge in [-0.15, -0.1) is 0 Å². The van der Waals surface area contributed by atoms with Crippen LogP contribution in [0.3, 0.4) is 0 Å². The van der Waals surface area contributed by atoms with Crippen LogP contribution >= 0.6 is 0 Å². The highest BCUT2D eigenvalue weighted by Gasteiger charge is 2.38. The Balaban J connectivity index is 1.78. The molecule has 22 heavy (non-hydrogen) atoms. The Kier molecular flexibility index (Phi) is 5.36. The van der Waals surface area contributed by atoms with Gasteiger partial charge in [0, 0.05) is 38.5 Å². The van der Waals surface area contributed by atoms with Gasteiger partial charge in [-0.2, -0.15) is 0 Å². The van der Waals surface area contributed by atoms with Gasteiger partial charge in [-0.1, -0.05) is 0 Å². The molecule has 0 radical (unpaired) electrons. The highest BCUT2D eigenvalue weighted by molar-refractivity contribution is 5.80. The second kappa shape index (κ2) is 6.89. The highest BCUT2D eigenvalue weighted by atomic mass is 19.3. The Bertz CT molecular complexity index is 419. The first-order valence-corrected chi connectivity index (χ1v) is 7.95. The fraction of sp³-hybridized carbons (Fsp3) is 0.867. The molecule has 7 heteroatoms. The molecule has 0 aromatic rings. The van der Waals surface area contributed by atoms with Crippen molar-refractivity contribution in [1.82, 2.24) is 15.1 Å². The summed E-state index contributed by atoms with van der Waals surface area (Å²) in [6.45, 7) is 5.61. The number of likely N-dealkylation sites (tertiary alicyclic amines) is 2. The van der Waals surface area contributed by atoms with Gasteiger partial charge in [-0.3, -0.25) is 14.5 Å². The molecule has 2 amide bonds. The van der Waals surface area contributed by atoms with Crippen molar-refractivity contribution in [1.29, 1.82) is 0 Å². The Labute approximate surface area is 130 Å². The molecule has 0 bridgehead atoms. The zero-order chi connectivity index (χ0) is 16.3. The van der Waals surface area contributed by atoms with Crippen LogP contribution in [-0.4, -0.2) is 66.3 Å². The first-order chi connectivity index (χ1) is 10.3. The van der Waals surface area contributed by atoms with Crippen LogP contribution in [0.4, 0.5) is 8.78 Å². The number of alkyl halides is 2.